The zero-order valence-electron chi connectivity index (χ0n) is 12.9. The maximum atomic E-state index is 12.3. The molecular weight excluding hydrogens is 274 g/mol. The van der Waals surface area contributed by atoms with Crippen molar-refractivity contribution in [3.05, 3.63) is 71.8 Å². The molecule has 2 aromatic carbocycles. The molecule has 0 heterocycles. The second kappa shape index (κ2) is 8.35. The zero-order valence-corrected chi connectivity index (χ0v) is 12.9. The van der Waals surface area contributed by atoms with Crippen LogP contribution in [0.25, 0.3) is 0 Å². The van der Waals surface area contributed by atoms with Crippen molar-refractivity contribution in [1.29, 1.82) is 0 Å². The molecule has 116 valence electrons. The summed E-state index contributed by atoms with van der Waals surface area (Å²) in [6.45, 7) is 1.99. The molecule has 0 bridgehead atoms. The molecule has 0 aliphatic carbocycles. The van der Waals surface area contributed by atoms with Gasteiger partial charge in [0.15, 0.2) is 0 Å². The molecule has 0 aliphatic rings. The number of benzene rings is 2. The Kier molecular flexibility index (Phi) is 6.16. The molecule has 1 amide bonds. The van der Waals surface area contributed by atoms with Crippen LogP contribution in [0.3, 0.4) is 0 Å². The Hall–Kier alpha value is -2.13. The fraction of sp³-hybridized carbons (Fsp3) is 0.316. The van der Waals surface area contributed by atoms with Gasteiger partial charge in [0, 0.05) is 6.42 Å². The average Bonchev–Trinajstić information content (AvgIpc) is 2.59. The van der Waals surface area contributed by atoms with E-state index in [9.17, 15) is 9.90 Å². The van der Waals surface area contributed by atoms with Crippen LogP contribution in [0.5, 0.6) is 0 Å². The van der Waals surface area contributed by atoms with Crippen LogP contribution in [0.4, 0.5) is 0 Å². The molecule has 3 heteroatoms. The van der Waals surface area contributed by atoms with Crippen LogP contribution in [-0.4, -0.2) is 17.6 Å². The maximum absolute atomic E-state index is 12.3. The Balaban J connectivity index is 1.99. The topological polar surface area (TPSA) is 49.3 Å². The molecule has 0 spiro atoms. The van der Waals surface area contributed by atoms with E-state index in [0.717, 1.165) is 12.0 Å². The lowest BCUT2D eigenvalue weighted by Gasteiger charge is -2.20. The van der Waals surface area contributed by atoms with E-state index in [1.54, 1.807) is 0 Å². The minimum Gasteiger partial charge on any atom is -0.394 e. The summed E-state index contributed by atoms with van der Waals surface area (Å²) in [6, 6.07) is 19.3. The highest BCUT2D eigenvalue weighted by atomic mass is 16.3. The van der Waals surface area contributed by atoms with Gasteiger partial charge in [0.05, 0.1) is 12.6 Å². The van der Waals surface area contributed by atoms with Crippen molar-refractivity contribution in [3.63, 3.8) is 0 Å². The SMILES string of the molecule is CCC(CC(=O)NC(CO)c1ccccc1)c1ccccc1. The van der Waals surface area contributed by atoms with Crippen LogP contribution in [0, 0.1) is 0 Å². The average molecular weight is 297 g/mol. The van der Waals surface area contributed by atoms with Crippen LogP contribution < -0.4 is 5.32 Å². The first kappa shape index (κ1) is 16.2. The van der Waals surface area contributed by atoms with E-state index in [4.69, 9.17) is 0 Å². The first-order valence-corrected chi connectivity index (χ1v) is 7.74. The van der Waals surface area contributed by atoms with Gasteiger partial charge in [-0.1, -0.05) is 67.6 Å². The molecule has 2 atom stereocenters. The number of aliphatic hydroxyl groups excluding tert-OH is 1. The summed E-state index contributed by atoms with van der Waals surface area (Å²) >= 11 is 0. The first-order chi connectivity index (χ1) is 10.7. The van der Waals surface area contributed by atoms with Crippen molar-refractivity contribution < 1.29 is 9.90 Å². The molecule has 0 fully saturated rings. The minimum absolute atomic E-state index is 0.0291. The molecule has 0 saturated heterocycles. The summed E-state index contributed by atoms with van der Waals surface area (Å²) in [5.74, 6) is 0.176. The number of rotatable bonds is 7. The largest absolute Gasteiger partial charge is 0.394 e. The summed E-state index contributed by atoms with van der Waals surface area (Å²) in [5.41, 5.74) is 2.10. The van der Waals surface area contributed by atoms with Gasteiger partial charge in [-0.3, -0.25) is 4.79 Å². The highest BCUT2D eigenvalue weighted by molar-refractivity contribution is 5.77. The number of aliphatic hydroxyl groups is 1. The van der Waals surface area contributed by atoms with Crippen molar-refractivity contribution in [2.45, 2.75) is 31.7 Å². The summed E-state index contributed by atoms with van der Waals surface area (Å²) < 4.78 is 0. The lowest BCUT2D eigenvalue weighted by Crippen LogP contribution is -2.31. The predicted octanol–water partition coefficient (Wildman–Crippen LogP) is 3.42. The van der Waals surface area contributed by atoms with Crippen molar-refractivity contribution in [2.24, 2.45) is 0 Å². The number of carbonyl (C=O) groups excluding carboxylic acids is 1. The third kappa shape index (κ3) is 4.43. The Morgan fingerprint density at radius 3 is 2.05 bits per heavy atom. The van der Waals surface area contributed by atoms with Gasteiger partial charge in [-0.05, 0) is 23.5 Å². The predicted molar refractivity (Wildman–Crippen MR) is 88.5 cm³/mol. The van der Waals surface area contributed by atoms with E-state index in [0.29, 0.717) is 6.42 Å². The number of hydrogen-bond donors (Lipinski definition) is 2. The Bertz CT molecular complexity index is 517. The van der Waals surface area contributed by atoms with Gasteiger partial charge < -0.3 is 10.4 Å². The molecule has 0 aromatic heterocycles. The standard InChI is InChI=1S/C19H23NO2/c1-2-15(16-9-5-3-6-10-16)13-19(22)20-18(14-21)17-11-7-4-8-12-17/h3-12,15,18,21H,2,13-14H2,1H3,(H,20,22). The second-order valence-electron chi connectivity index (χ2n) is 5.43. The minimum atomic E-state index is -0.345. The Labute approximate surface area is 132 Å². The van der Waals surface area contributed by atoms with Crippen molar-refractivity contribution in [2.75, 3.05) is 6.61 Å². The summed E-state index contributed by atoms with van der Waals surface area (Å²) in [4.78, 5) is 12.3. The van der Waals surface area contributed by atoms with Gasteiger partial charge in [0.25, 0.3) is 0 Å². The van der Waals surface area contributed by atoms with E-state index in [-0.39, 0.29) is 24.5 Å². The van der Waals surface area contributed by atoms with Gasteiger partial charge in [0.2, 0.25) is 5.91 Å². The fourth-order valence-electron chi connectivity index (χ4n) is 2.62. The van der Waals surface area contributed by atoms with Crippen molar-refractivity contribution >= 4 is 5.91 Å². The van der Waals surface area contributed by atoms with Gasteiger partial charge in [-0.25, -0.2) is 0 Å². The molecule has 2 N–H and O–H groups in total. The van der Waals surface area contributed by atoms with Crippen molar-refractivity contribution in [3.8, 4) is 0 Å². The van der Waals surface area contributed by atoms with Crippen LogP contribution >= 0.6 is 0 Å². The lowest BCUT2D eigenvalue weighted by atomic mass is 9.93. The van der Waals surface area contributed by atoms with Crippen LogP contribution in [0.1, 0.15) is 42.9 Å². The van der Waals surface area contributed by atoms with Gasteiger partial charge in [-0.15, -0.1) is 0 Å². The van der Waals surface area contributed by atoms with E-state index in [1.807, 2.05) is 48.5 Å². The monoisotopic (exact) mass is 297 g/mol. The molecule has 0 radical (unpaired) electrons. The normalized spacial score (nSPS) is 13.4. The summed E-state index contributed by atoms with van der Waals surface area (Å²) in [5, 5.41) is 12.5. The fourth-order valence-corrected chi connectivity index (χ4v) is 2.62. The third-order valence-corrected chi connectivity index (χ3v) is 3.92. The molecule has 2 unspecified atom stereocenters. The lowest BCUT2D eigenvalue weighted by molar-refractivity contribution is -0.122. The van der Waals surface area contributed by atoms with Crippen molar-refractivity contribution in [1.82, 2.24) is 5.32 Å². The van der Waals surface area contributed by atoms with E-state index in [1.165, 1.54) is 5.56 Å². The second-order valence-corrected chi connectivity index (χ2v) is 5.43. The van der Waals surface area contributed by atoms with Crippen LogP contribution in [0.15, 0.2) is 60.7 Å². The maximum Gasteiger partial charge on any atom is 0.221 e. The van der Waals surface area contributed by atoms with Gasteiger partial charge in [0.1, 0.15) is 0 Å². The van der Waals surface area contributed by atoms with Crippen LogP contribution in [-0.2, 0) is 4.79 Å². The molecule has 2 aromatic rings. The van der Waals surface area contributed by atoms with Gasteiger partial charge >= 0.3 is 0 Å². The Morgan fingerprint density at radius 2 is 1.55 bits per heavy atom. The molecule has 0 saturated carbocycles. The number of amides is 1. The Morgan fingerprint density at radius 1 is 1.00 bits per heavy atom. The summed E-state index contributed by atoms with van der Waals surface area (Å²) in [6.07, 6.45) is 1.34. The molecule has 3 nitrogen and oxygen atoms in total. The zero-order chi connectivity index (χ0) is 15.8. The highest BCUT2D eigenvalue weighted by Gasteiger charge is 2.18. The van der Waals surface area contributed by atoms with Gasteiger partial charge in [-0.2, -0.15) is 0 Å². The molecule has 22 heavy (non-hydrogen) atoms. The van der Waals surface area contributed by atoms with E-state index >= 15 is 0 Å². The van der Waals surface area contributed by atoms with E-state index in [2.05, 4.69) is 24.4 Å². The highest BCUT2D eigenvalue weighted by Crippen LogP contribution is 2.23. The number of nitrogens with one attached hydrogen (secondary N) is 1. The summed E-state index contributed by atoms with van der Waals surface area (Å²) in [7, 11) is 0. The van der Waals surface area contributed by atoms with Crippen LogP contribution in [0.2, 0.25) is 0 Å². The smallest absolute Gasteiger partial charge is 0.221 e. The number of carbonyl (C=O) groups is 1. The first-order valence-electron chi connectivity index (χ1n) is 7.74. The van der Waals surface area contributed by atoms with E-state index < -0.39 is 0 Å². The third-order valence-electron chi connectivity index (χ3n) is 3.92. The quantitative estimate of drug-likeness (QED) is 0.822. The number of hydrogen-bond acceptors (Lipinski definition) is 2. The molecule has 2 rings (SSSR count). The molecular formula is C19H23NO2. The molecule has 0 aliphatic heterocycles.